The summed E-state index contributed by atoms with van der Waals surface area (Å²) in [7, 11) is 2.03. The van der Waals surface area contributed by atoms with Gasteiger partial charge in [-0.25, -0.2) is 0 Å². The van der Waals surface area contributed by atoms with Gasteiger partial charge in [-0.15, -0.1) is 0 Å². The van der Waals surface area contributed by atoms with Crippen molar-refractivity contribution >= 4 is 28.6 Å². The van der Waals surface area contributed by atoms with Crippen molar-refractivity contribution in [3.05, 3.63) is 70.9 Å². The number of rotatable bonds is 4. The summed E-state index contributed by atoms with van der Waals surface area (Å²) >= 11 is 0. The molecule has 2 N–H and O–H groups in total. The molecule has 7 heteroatoms. The number of carbonyl (C=O) groups excluding carboxylic acids is 3. The Kier molecular flexibility index (Phi) is 5.19. The smallest absolute Gasteiger partial charge is 0.255 e. The number of nitrogens with two attached hydrogens (primary N) is 1. The van der Waals surface area contributed by atoms with Crippen molar-refractivity contribution in [1.29, 1.82) is 0 Å². The molecule has 5 rings (SSSR count). The van der Waals surface area contributed by atoms with Crippen LogP contribution in [0, 0.1) is 12.8 Å². The maximum Gasteiger partial charge on any atom is 0.255 e. The van der Waals surface area contributed by atoms with E-state index in [0.717, 1.165) is 27.7 Å². The average Bonchev–Trinajstić information content (AvgIpc) is 3.24. The van der Waals surface area contributed by atoms with Crippen LogP contribution in [0.3, 0.4) is 0 Å². The molecule has 0 spiro atoms. The number of piperidine rings is 1. The third kappa shape index (κ3) is 3.39. The van der Waals surface area contributed by atoms with Gasteiger partial charge in [0, 0.05) is 53.8 Å². The molecule has 0 aliphatic carbocycles. The minimum atomic E-state index is -0.327. The number of benzene rings is 2. The number of likely N-dealkylation sites (tertiary alicyclic amines) is 1. The Morgan fingerprint density at radius 3 is 2.42 bits per heavy atom. The number of aryl methyl sites for hydroxylation is 1. The molecular weight excluding hydrogens is 416 g/mol. The Balaban J connectivity index is 1.51. The minimum Gasteiger partial charge on any atom is -0.369 e. The Bertz CT molecular complexity index is 1270. The van der Waals surface area contributed by atoms with Gasteiger partial charge in [0.1, 0.15) is 6.54 Å². The normalized spacial score (nSPS) is 18.7. The van der Waals surface area contributed by atoms with E-state index in [0.29, 0.717) is 31.5 Å². The van der Waals surface area contributed by atoms with Gasteiger partial charge in [-0.2, -0.15) is 0 Å². The van der Waals surface area contributed by atoms with E-state index in [-0.39, 0.29) is 36.2 Å². The standard InChI is InChI=1S/C26H28N4O3/c1-16-23(20-9-5-6-10-21(20)28(16)2)24-18-7-3-4-8-19(18)26(33)30(24)15-22(31)29-13-11-17(12-14-29)25(27)32/h3-10,17,24H,11-15H2,1-2H3,(H2,27,32). The van der Waals surface area contributed by atoms with Gasteiger partial charge in [0.05, 0.1) is 6.04 Å². The summed E-state index contributed by atoms with van der Waals surface area (Å²) in [6.45, 7) is 3.04. The molecule has 3 aromatic rings. The van der Waals surface area contributed by atoms with Crippen LogP contribution in [0.15, 0.2) is 48.5 Å². The molecule has 0 bridgehead atoms. The quantitative estimate of drug-likeness (QED) is 0.671. The van der Waals surface area contributed by atoms with E-state index >= 15 is 0 Å². The van der Waals surface area contributed by atoms with Crippen molar-refractivity contribution < 1.29 is 14.4 Å². The first kappa shape index (κ1) is 21.2. The highest BCUT2D eigenvalue weighted by Crippen LogP contribution is 2.43. The number of fused-ring (bicyclic) bond motifs is 2. The van der Waals surface area contributed by atoms with Crippen molar-refractivity contribution in [2.75, 3.05) is 19.6 Å². The number of hydrogen-bond acceptors (Lipinski definition) is 3. The molecule has 0 radical (unpaired) electrons. The molecule has 33 heavy (non-hydrogen) atoms. The second-order valence-electron chi connectivity index (χ2n) is 9.06. The van der Waals surface area contributed by atoms with Crippen molar-refractivity contribution in [2.45, 2.75) is 25.8 Å². The maximum absolute atomic E-state index is 13.5. The molecular formula is C26H28N4O3. The number of nitrogens with zero attached hydrogens (tertiary/aromatic N) is 3. The summed E-state index contributed by atoms with van der Waals surface area (Å²) in [4.78, 5) is 41.7. The fourth-order valence-electron chi connectivity index (χ4n) is 5.40. The number of aromatic nitrogens is 1. The molecule has 1 aromatic heterocycles. The lowest BCUT2D eigenvalue weighted by Crippen LogP contribution is -2.46. The highest BCUT2D eigenvalue weighted by atomic mass is 16.2. The summed E-state index contributed by atoms with van der Waals surface area (Å²) in [6.07, 6.45) is 1.14. The summed E-state index contributed by atoms with van der Waals surface area (Å²) in [5.74, 6) is -0.707. The zero-order valence-electron chi connectivity index (χ0n) is 19.0. The number of carbonyl (C=O) groups is 3. The van der Waals surface area contributed by atoms with Gasteiger partial charge in [-0.3, -0.25) is 14.4 Å². The van der Waals surface area contributed by atoms with Crippen LogP contribution in [0.2, 0.25) is 0 Å². The predicted octanol–water partition coefficient (Wildman–Crippen LogP) is 2.76. The van der Waals surface area contributed by atoms with Crippen LogP contribution in [0.1, 0.15) is 46.1 Å². The SMILES string of the molecule is Cc1c(C2c3ccccc3C(=O)N2CC(=O)N2CCC(C(N)=O)CC2)c2ccccc2n1C. The number of para-hydroxylation sites is 1. The first-order chi connectivity index (χ1) is 15.9. The highest BCUT2D eigenvalue weighted by Gasteiger charge is 2.41. The van der Waals surface area contributed by atoms with Crippen molar-refractivity contribution in [3.8, 4) is 0 Å². The van der Waals surface area contributed by atoms with Gasteiger partial charge >= 0.3 is 0 Å². The van der Waals surface area contributed by atoms with Gasteiger partial charge in [-0.05, 0) is 37.5 Å². The molecule has 3 heterocycles. The average molecular weight is 445 g/mol. The molecule has 0 saturated carbocycles. The Labute approximate surface area is 192 Å². The summed E-state index contributed by atoms with van der Waals surface area (Å²) in [5, 5.41) is 1.09. The fraction of sp³-hybridized carbons (Fsp3) is 0.346. The van der Waals surface area contributed by atoms with Crippen LogP contribution in [0.25, 0.3) is 10.9 Å². The molecule has 1 fully saturated rings. The van der Waals surface area contributed by atoms with Crippen molar-refractivity contribution in [1.82, 2.24) is 14.4 Å². The molecule has 2 aliphatic heterocycles. The zero-order chi connectivity index (χ0) is 23.3. The van der Waals surface area contributed by atoms with Crippen LogP contribution in [0.5, 0.6) is 0 Å². The van der Waals surface area contributed by atoms with Crippen LogP contribution < -0.4 is 5.73 Å². The number of hydrogen-bond donors (Lipinski definition) is 1. The van der Waals surface area contributed by atoms with Crippen LogP contribution in [0.4, 0.5) is 0 Å². The van der Waals surface area contributed by atoms with Crippen LogP contribution in [-0.4, -0.2) is 51.7 Å². The van der Waals surface area contributed by atoms with E-state index < -0.39 is 0 Å². The second kappa shape index (κ2) is 8.06. The van der Waals surface area contributed by atoms with E-state index in [4.69, 9.17) is 5.73 Å². The second-order valence-corrected chi connectivity index (χ2v) is 9.06. The molecule has 2 aliphatic rings. The van der Waals surface area contributed by atoms with Crippen molar-refractivity contribution in [3.63, 3.8) is 0 Å². The van der Waals surface area contributed by atoms with Crippen LogP contribution in [-0.2, 0) is 16.6 Å². The topological polar surface area (TPSA) is 88.6 Å². The van der Waals surface area contributed by atoms with Crippen LogP contribution >= 0.6 is 0 Å². The summed E-state index contributed by atoms with van der Waals surface area (Å²) in [6, 6.07) is 15.5. The van der Waals surface area contributed by atoms with E-state index in [2.05, 4.69) is 23.6 Å². The van der Waals surface area contributed by atoms with E-state index in [1.165, 1.54) is 0 Å². The fourth-order valence-corrected chi connectivity index (χ4v) is 5.40. The molecule has 3 amide bonds. The lowest BCUT2D eigenvalue weighted by atomic mass is 9.95. The Hall–Kier alpha value is -3.61. The lowest BCUT2D eigenvalue weighted by molar-refractivity contribution is -0.135. The maximum atomic E-state index is 13.5. The number of amides is 3. The van der Waals surface area contributed by atoms with Gasteiger partial charge < -0.3 is 20.1 Å². The van der Waals surface area contributed by atoms with Gasteiger partial charge in [0.25, 0.3) is 5.91 Å². The summed E-state index contributed by atoms with van der Waals surface area (Å²) < 4.78 is 2.14. The largest absolute Gasteiger partial charge is 0.369 e. The minimum absolute atomic E-state index is 0.00206. The van der Waals surface area contributed by atoms with Gasteiger partial charge in [-0.1, -0.05) is 36.4 Å². The molecule has 7 nitrogen and oxygen atoms in total. The third-order valence-electron chi connectivity index (χ3n) is 7.34. The summed E-state index contributed by atoms with van der Waals surface area (Å²) in [5.41, 5.74) is 10.3. The Morgan fingerprint density at radius 1 is 1.03 bits per heavy atom. The molecule has 2 aromatic carbocycles. The molecule has 1 unspecified atom stereocenters. The predicted molar refractivity (Wildman–Crippen MR) is 125 cm³/mol. The zero-order valence-corrected chi connectivity index (χ0v) is 19.0. The van der Waals surface area contributed by atoms with E-state index in [1.807, 2.05) is 43.4 Å². The molecule has 170 valence electrons. The first-order valence-electron chi connectivity index (χ1n) is 11.4. The van der Waals surface area contributed by atoms with Gasteiger partial charge in [0.2, 0.25) is 11.8 Å². The lowest BCUT2D eigenvalue weighted by Gasteiger charge is -2.33. The third-order valence-corrected chi connectivity index (χ3v) is 7.34. The Morgan fingerprint density at radius 2 is 1.70 bits per heavy atom. The first-order valence-corrected chi connectivity index (χ1v) is 11.4. The van der Waals surface area contributed by atoms with Crippen molar-refractivity contribution in [2.24, 2.45) is 18.7 Å². The van der Waals surface area contributed by atoms with E-state index in [9.17, 15) is 14.4 Å². The van der Waals surface area contributed by atoms with Gasteiger partial charge in [0.15, 0.2) is 0 Å². The molecule has 1 atom stereocenters. The monoisotopic (exact) mass is 444 g/mol. The highest BCUT2D eigenvalue weighted by molar-refractivity contribution is 6.02. The molecule has 1 saturated heterocycles. The van der Waals surface area contributed by atoms with E-state index in [1.54, 1.807) is 9.80 Å². The number of primary amides is 1.